The number of benzene rings is 1. The Morgan fingerprint density at radius 3 is 2.62 bits per heavy atom. The highest BCUT2D eigenvalue weighted by molar-refractivity contribution is 6.31. The van der Waals surface area contributed by atoms with E-state index in [4.69, 9.17) is 16.3 Å². The molecule has 0 aliphatic carbocycles. The molecule has 2 aliphatic rings. The van der Waals surface area contributed by atoms with Gasteiger partial charge >= 0.3 is 6.03 Å². The lowest BCUT2D eigenvalue weighted by Crippen LogP contribution is -2.44. The van der Waals surface area contributed by atoms with E-state index in [9.17, 15) is 9.59 Å². The van der Waals surface area contributed by atoms with Gasteiger partial charge in [0.15, 0.2) is 0 Å². The lowest BCUT2D eigenvalue weighted by atomic mass is 10.2. The Balaban J connectivity index is 1.40. The Kier molecular flexibility index (Phi) is 6.71. The lowest BCUT2D eigenvalue weighted by molar-refractivity contribution is -0.121. The summed E-state index contributed by atoms with van der Waals surface area (Å²) in [6.07, 6.45) is 0. The number of ether oxygens (including phenoxy) is 1. The van der Waals surface area contributed by atoms with Crippen LogP contribution in [-0.2, 0) is 16.1 Å². The fourth-order valence-electron chi connectivity index (χ4n) is 3.17. The third-order valence-corrected chi connectivity index (χ3v) is 5.06. The number of hydrogen-bond acceptors (Lipinski definition) is 4. The van der Waals surface area contributed by atoms with Crippen LogP contribution in [0.25, 0.3) is 0 Å². The van der Waals surface area contributed by atoms with Crippen molar-refractivity contribution in [2.24, 2.45) is 0 Å². The average Bonchev–Trinajstić information content (AvgIpc) is 2.98. The molecule has 0 saturated carbocycles. The first-order chi connectivity index (χ1) is 12.6. The number of amides is 3. The summed E-state index contributed by atoms with van der Waals surface area (Å²) in [5.74, 6) is -0.119. The van der Waals surface area contributed by atoms with Crippen molar-refractivity contribution in [1.82, 2.24) is 20.0 Å². The maximum Gasteiger partial charge on any atom is 0.320 e. The Bertz CT molecular complexity index is 637. The molecular formula is C18H25ClN4O3. The summed E-state index contributed by atoms with van der Waals surface area (Å²) in [7, 11) is 0. The summed E-state index contributed by atoms with van der Waals surface area (Å²) in [5, 5.41) is 3.55. The monoisotopic (exact) mass is 380 g/mol. The number of morpholine rings is 1. The van der Waals surface area contributed by atoms with Gasteiger partial charge in [0.05, 0.1) is 13.2 Å². The molecule has 0 atom stereocenters. The number of urea groups is 1. The van der Waals surface area contributed by atoms with Gasteiger partial charge in [-0.1, -0.05) is 29.8 Å². The molecule has 1 aromatic carbocycles. The van der Waals surface area contributed by atoms with Crippen LogP contribution in [0.2, 0.25) is 5.02 Å². The molecule has 3 amide bonds. The summed E-state index contributed by atoms with van der Waals surface area (Å²) in [6.45, 7) is 6.41. The average molecular weight is 381 g/mol. The topological polar surface area (TPSA) is 65.1 Å². The highest BCUT2D eigenvalue weighted by atomic mass is 35.5. The van der Waals surface area contributed by atoms with Gasteiger partial charge in [-0.3, -0.25) is 9.69 Å². The summed E-state index contributed by atoms with van der Waals surface area (Å²) < 4.78 is 5.30. The predicted molar refractivity (Wildman–Crippen MR) is 99.1 cm³/mol. The Hall–Kier alpha value is -1.83. The maximum absolute atomic E-state index is 12.5. The largest absolute Gasteiger partial charge is 0.379 e. The van der Waals surface area contributed by atoms with Crippen molar-refractivity contribution >= 4 is 23.5 Å². The van der Waals surface area contributed by atoms with Crippen molar-refractivity contribution in [3.05, 3.63) is 34.9 Å². The van der Waals surface area contributed by atoms with Crippen molar-refractivity contribution in [2.75, 3.05) is 59.0 Å². The number of nitrogens with one attached hydrogen (secondary N) is 1. The van der Waals surface area contributed by atoms with Gasteiger partial charge in [0.1, 0.15) is 6.54 Å². The van der Waals surface area contributed by atoms with E-state index in [0.29, 0.717) is 31.2 Å². The molecule has 2 heterocycles. The summed E-state index contributed by atoms with van der Waals surface area (Å²) in [6, 6.07) is 7.38. The van der Waals surface area contributed by atoms with Crippen LogP contribution in [0.15, 0.2) is 24.3 Å². The van der Waals surface area contributed by atoms with E-state index in [1.165, 1.54) is 0 Å². The van der Waals surface area contributed by atoms with Crippen LogP contribution >= 0.6 is 11.6 Å². The molecule has 3 rings (SSSR count). The van der Waals surface area contributed by atoms with E-state index in [1.807, 2.05) is 24.3 Å². The van der Waals surface area contributed by atoms with Gasteiger partial charge < -0.3 is 19.9 Å². The third kappa shape index (κ3) is 5.09. The molecule has 0 radical (unpaired) electrons. The predicted octanol–water partition coefficient (Wildman–Crippen LogP) is 1.03. The van der Waals surface area contributed by atoms with E-state index in [-0.39, 0.29) is 18.5 Å². The zero-order valence-electron chi connectivity index (χ0n) is 14.8. The number of nitrogens with zero attached hydrogens (tertiary/aromatic N) is 3. The molecule has 1 N–H and O–H groups in total. The van der Waals surface area contributed by atoms with Gasteiger partial charge in [-0.2, -0.15) is 0 Å². The van der Waals surface area contributed by atoms with E-state index in [2.05, 4.69) is 10.2 Å². The van der Waals surface area contributed by atoms with Gasteiger partial charge in [-0.25, -0.2) is 4.79 Å². The van der Waals surface area contributed by atoms with Gasteiger partial charge in [-0.15, -0.1) is 0 Å². The van der Waals surface area contributed by atoms with Crippen molar-refractivity contribution < 1.29 is 14.3 Å². The summed E-state index contributed by atoms with van der Waals surface area (Å²) in [5.41, 5.74) is 0.916. The second-order valence-electron chi connectivity index (χ2n) is 6.52. The minimum Gasteiger partial charge on any atom is -0.379 e. The Morgan fingerprint density at radius 1 is 1.12 bits per heavy atom. The quantitative estimate of drug-likeness (QED) is 0.767. The molecule has 0 bridgehead atoms. The first-order valence-corrected chi connectivity index (χ1v) is 9.35. The summed E-state index contributed by atoms with van der Waals surface area (Å²) in [4.78, 5) is 30.2. The summed E-state index contributed by atoms with van der Waals surface area (Å²) >= 11 is 6.16. The molecule has 2 saturated heterocycles. The third-order valence-electron chi connectivity index (χ3n) is 4.69. The minimum atomic E-state index is -0.119. The molecule has 1 aromatic rings. The van der Waals surface area contributed by atoms with Gasteiger partial charge in [0.25, 0.3) is 0 Å². The van der Waals surface area contributed by atoms with Crippen LogP contribution in [0.5, 0.6) is 0 Å². The Morgan fingerprint density at radius 2 is 1.85 bits per heavy atom. The maximum atomic E-state index is 12.5. The van der Waals surface area contributed by atoms with E-state index < -0.39 is 0 Å². The smallest absolute Gasteiger partial charge is 0.320 e. The van der Waals surface area contributed by atoms with Gasteiger partial charge in [0, 0.05) is 50.8 Å². The Labute approximate surface area is 158 Å². The molecule has 8 heteroatoms. The van der Waals surface area contributed by atoms with Gasteiger partial charge in [0.2, 0.25) is 5.91 Å². The molecule has 26 heavy (non-hydrogen) atoms. The van der Waals surface area contributed by atoms with Crippen LogP contribution in [-0.4, -0.2) is 85.7 Å². The molecule has 7 nitrogen and oxygen atoms in total. The first kappa shape index (κ1) is 18.9. The number of rotatable bonds is 7. The van der Waals surface area contributed by atoms with Crippen molar-refractivity contribution in [3.63, 3.8) is 0 Å². The van der Waals surface area contributed by atoms with Gasteiger partial charge in [-0.05, 0) is 11.6 Å². The number of carbonyl (C=O) groups is 2. The van der Waals surface area contributed by atoms with Crippen LogP contribution in [0.3, 0.4) is 0 Å². The van der Waals surface area contributed by atoms with Crippen LogP contribution in [0.4, 0.5) is 4.79 Å². The SMILES string of the molecule is O=C(CN1CCN(Cc2ccccc2Cl)C1=O)NCCN1CCOCC1. The number of halogens is 1. The van der Waals surface area contributed by atoms with E-state index >= 15 is 0 Å². The molecule has 0 aromatic heterocycles. The second kappa shape index (κ2) is 9.21. The number of hydrogen-bond donors (Lipinski definition) is 1. The highest BCUT2D eigenvalue weighted by Crippen LogP contribution is 2.19. The van der Waals surface area contributed by atoms with Crippen molar-refractivity contribution in [1.29, 1.82) is 0 Å². The van der Waals surface area contributed by atoms with Crippen LogP contribution in [0, 0.1) is 0 Å². The molecule has 2 aliphatic heterocycles. The minimum absolute atomic E-state index is 0.0982. The molecule has 0 spiro atoms. The fraction of sp³-hybridized carbons (Fsp3) is 0.556. The molecular weight excluding hydrogens is 356 g/mol. The van der Waals surface area contributed by atoms with E-state index in [0.717, 1.165) is 38.4 Å². The molecule has 142 valence electrons. The van der Waals surface area contributed by atoms with Crippen LogP contribution in [0.1, 0.15) is 5.56 Å². The second-order valence-corrected chi connectivity index (χ2v) is 6.93. The van der Waals surface area contributed by atoms with Crippen molar-refractivity contribution in [2.45, 2.75) is 6.54 Å². The lowest BCUT2D eigenvalue weighted by Gasteiger charge is -2.26. The zero-order valence-corrected chi connectivity index (χ0v) is 15.6. The van der Waals surface area contributed by atoms with E-state index in [1.54, 1.807) is 9.80 Å². The fourth-order valence-corrected chi connectivity index (χ4v) is 3.36. The van der Waals surface area contributed by atoms with Crippen LogP contribution < -0.4 is 5.32 Å². The molecule has 0 unspecified atom stereocenters. The number of carbonyl (C=O) groups excluding carboxylic acids is 2. The highest BCUT2D eigenvalue weighted by Gasteiger charge is 2.30. The van der Waals surface area contributed by atoms with Crippen molar-refractivity contribution in [3.8, 4) is 0 Å². The standard InChI is InChI=1S/C18H25ClN4O3/c19-16-4-2-1-3-15(16)13-22-7-8-23(18(22)25)14-17(24)20-5-6-21-9-11-26-12-10-21/h1-4H,5-14H2,(H,20,24). The normalized spacial score (nSPS) is 18.4. The zero-order chi connectivity index (χ0) is 18.4. The molecule has 2 fully saturated rings. The first-order valence-electron chi connectivity index (χ1n) is 8.97.